The second-order valence-electron chi connectivity index (χ2n) is 5.84. The highest BCUT2D eigenvalue weighted by Crippen LogP contribution is 2.45. The normalized spacial score (nSPS) is 36.8. The standard InChI is InChI=1S/C17H18O5/c1-19-13-4-2-11(3-5-13)16-14-7-9-20-17(22-14)8-6-12(18)10-15(17)21-16/h2-6,8,14-16H,7,9-10H2,1H3/t14-,15+,16-,17-/m1/s1. The SMILES string of the molecule is COc1ccc([C@H]2O[C@H]3CC(=O)C=C[C@]34OCC[C@H]2O4)cc1. The van der Waals surface area contributed by atoms with Crippen LogP contribution in [0.2, 0.25) is 0 Å². The first-order valence-electron chi connectivity index (χ1n) is 7.53. The van der Waals surface area contributed by atoms with E-state index in [1.807, 2.05) is 24.3 Å². The van der Waals surface area contributed by atoms with E-state index >= 15 is 0 Å². The van der Waals surface area contributed by atoms with Gasteiger partial charge in [-0.1, -0.05) is 12.1 Å². The van der Waals surface area contributed by atoms with Crippen molar-refractivity contribution in [1.82, 2.24) is 0 Å². The van der Waals surface area contributed by atoms with Crippen molar-refractivity contribution in [1.29, 1.82) is 0 Å². The Hall–Kier alpha value is -1.69. The molecule has 2 saturated heterocycles. The van der Waals surface area contributed by atoms with Crippen molar-refractivity contribution in [3.63, 3.8) is 0 Å². The van der Waals surface area contributed by atoms with Crippen LogP contribution in [0.3, 0.4) is 0 Å². The molecule has 0 saturated carbocycles. The van der Waals surface area contributed by atoms with Gasteiger partial charge in [-0.25, -0.2) is 0 Å². The lowest BCUT2D eigenvalue weighted by molar-refractivity contribution is -0.373. The van der Waals surface area contributed by atoms with Crippen molar-refractivity contribution in [2.75, 3.05) is 13.7 Å². The van der Waals surface area contributed by atoms with Crippen molar-refractivity contribution in [3.8, 4) is 5.75 Å². The van der Waals surface area contributed by atoms with E-state index in [4.69, 9.17) is 18.9 Å². The van der Waals surface area contributed by atoms with Crippen LogP contribution in [0.25, 0.3) is 0 Å². The van der Waals surface area contributed by atoms with E-state index < -0.39 is 11.9 Å². The summed E-state index contributed by atoms with van der Waals surface area (Å²) < 4.78 is 23.4. The third kappa shape index (κ3) is 2.17. The largest absolute Gasteiger partial charge is 0.497 e. The maximum atomic E-state index is 11.7. The van der Waals surface area contributed by atoms with Crippen LogP contribution in [0.1, 0.15) is 24.5 Å². The molecule has 3 aliphatic rings. The molecule has 1 aliphatic carbocycles. The van der Waals surface area contributed by atoms with Crippen molar-refractivity contribution in [2.24, 2.45) is 0 Å². The van der Waals surface area contributed by atoms with Crippen molar-refractivity contribution in [2.45, 2.75) is 36.9 Å². The third-order valence-corrected chi connectivity index (χ3v) is 4.50. The van der Waals surface area contributed by atoms with Crippen LogP contribution in [-0.4, -0.2) is 37.5 Å². The number of benzene rings is 1. The fourth-order valence-electron chi connectivity index (χ4n) is 3.34. The molecule has 0 N–H and O–H groups in total. The third-order valence-electron chi connectivity index (χ3n) is 4.50. The maximum absolute atomic E-state index is 11.7. The summed E-state index contributed by atoms with van der Waals surface area (Å²) in [7, 11) is 1.64. The number of ketones is 1. The maximum Gasteiger partial charge on any atom is 0.216 e. The van der Waals surface area contributed by atoms with Gasteiger partial charge in [-0.15, -0.1) is 0 Å². The minimum atomic E-state index is -0.889. The Balaban J connectivity index is 1.65. The van der Waals surface area contributed by atoms with Crippen LogP contribution in [0.5, 0.6) is 5.75 Å². The molecule has 2 aliphatic heterocycles. The second-order valence-corrected chi connectivity index (χ2v) is 5.84. The lowest BCUT2D eigenvalue weighted by Crippen LogP contribution is -2.60. The van der Waals surface area contributed by atoms with Crippen LogP contribution in [0, 0.1) is 0 Å². The number of hydrogen-bond acceptors (Lipinski definition) is 5. The average Bonchev–Trinajstić information content (AvgIpc) is 2.56. The second kappa shape index (κ2) is 5.19. The molecular weight excluding hydrogens is 284 g/mol. The molecular formula is C17H18O5. The summed E-state index contributed by atoms with van der Waals surface area (Å²) in [5, 5.41) is 0. The van der Waals surface area contributed by atoms with Crippen LogP contribution in [0.4, 0.5) is 0 Å². The molecule has 5 nitrogen and oxygen atoms in total. The molecule has 0 amide bonds. The minimum Gasteiger partial charge on any atom is -0.497 e. The van der Waals surface area contributed by atoms with Gasteiger partial charge in [0.2, 0.25) is 5.79 Å². The fourth-order valence-corrected chi connectivity index (χ4v) is 3.34. The molecule has 4 atom stereocenters. The van der Waals surface area contributed by atoms with E-state index in [0.29, 0.717) is 6.61 Å². The van der Waals surface area contributed by atoms with Gasteiger partial charge in [-0.2, -0.15) is 0 Å². The molecule has 0 unspecified atom stereocenters. The van der Waals surface area contributed by atoms with Gasteiger partial charge in [0.25, 0.3) is 0 Å². The zero-order valence-electron chi connectivity index (χ0n) is 12.4. The lowest BCUT2D eigenvalue weighted by atomic mass is 9.90. The van der Waals surface area contributed by atoms with Crippen LogP contribution >= 0.6 is 0 Å². The van der Waals surface area contributed by atoms with E-state index in [1.54, 1.807) is 13.2 Å². The van der Waals surface area contributed by atoms with Gasteiger partial charge in [0, 0.05) is 12.8 Å². The molecule has 5 heteroatoms. The number of ether oxygens (including phenoxy) is 4. The zero-order chi connectivity index (χ0) is 15.2. The van der Waals surface area contributed by atoms with Gasteiger partial charge >= 0.3 is 0 Å². The number of methoxy groups -OCH3 is 1. The Kier molecular flexibility index (Phi) is 3.29. The van der Waals surface area contributed by atoms with E-state index in [-0.39, 0.29) is 24.4 Å². The van der Waals surface area contributed by atoms with Crippen molar-refractivity contribution >= 4 is 5.78 Å². The molecule has 1 aromatic rings. The molecule has 2 fully saturated rings. The minimum absolute atomic E-state index is 0.0420. The number of carbonyl (C=O) groups is 1. The predicted octanol–water partition coefficient (Wildman–Crippen LogP) is 2.17. The molecule has 22 heavy (non-hydrogen) atoms. The number of fused-ring (bicyclic) bond motifs is 1. The first-order valence-corrected chi connectivity index (χ1v) is 7.53. The molecule has 2 bridgehead atoms. The van der Waals surface area contributed by atoms with Gasteiger partial charge in [0.05, 0.1) is 19.8 Å². The smallest absolute Gasteiger partial charge is 0.216 e. The first-order chi connectivity index (χ1) is 10.7. The van der Waals surface area contributed by atoms with Crippen LogP contribution < -0.4 is 4.74 Å². The van der Waals surface area contributed by atoms with Crippen LogP contribution in [0.15, 0.2) is 36.4 Å². The summed E-state index contributed by atoms with van der Waals surface area (Å²) in [6, 6.07) is 7.78. The Morgan fingerprint density at radius 1 is 1.27 bits per heavy atom. The fraction of sp³-hybridized carbons (Fsp3) is 0.471. The molecule has 4 rings (SSSR count). The summed E-state index contributed by atoms with van der Waals surface area (Å²) in [4.78, 5) is 11.7. The predicted molar refractivity (Wildman–Crippen MR) is 77.5 cm³/mol. The summed E-state index contributed by atoms with van der Waals surface area (Å²) >= 11 is 0. The summed E-state index contributed by atoms with van der Waals surface area (Å²) in [6.07, 6.45) is 3.65. The average molecular weight is 302 g/mol. The Bertz CT molecular complexity index is 608. The number of allylic oxidation sites excluding steroid dienone is 1. The quantitative estimate of drug-likeness (QED) is 0.838. The Morgan fingerprint density at radius 3 is 2.86 bits per heavy atom. The molecule has 0 aromatic heterocycles. The van der Waals surface area contributed by atoms with Gasteiger partial charge in [-0.05, 0) is 29.8 Å². The molecule has 1 aromatic carbocycles. The Labute approximate surface area is 128 Å². The topological polar surface area (TPSA) is 54.0 Å². The van der Waals surface area contributed by atoms with E-state index in [9.17, 15) is 4.79 Å². The highest BCUT2D eigenvalue weighted by Gasteiger charge is 2.54. The van der Waals surface area contributed by atoms with E-state index in [1.165, 1.54) is 6.08 Å². The van der Waals surface area contributed by atoms with Crippen LogP contribution in [-0.2, 0) is 19.0 Å². The first kappa shape index (κ1) is 13.9. The van der Waals surface area contributed by atoms with Crippen molar-refractivity contribution < 1.29 is 23.7 Å². The molecule has 0 radical (unpaired) electrons. The van der Waals surface area contributed by atoms with Gasteiger partial charge in [0.15, 0.2) is 5.78 Å². The van der Waals surface area contributed by atoms with E-state index in [2.05, 4.69) is 0 Å². The lowest BCUT2D eigenvalue weighted by Gasteiger charge is -2.52. The molecule has 2 heterocycles. The number of rotatable bonds is 2. The molecule has 116 valence electrons. The number of hydrogen-bond donors (Lipinski definition) is 0. The van der Waals surface area contributed by atoms with Crippen molar-refractivity contribution in [3.05, 3.63) is 42.0 Å². The van der Waals surface area contributed by atoms with Gasteiger partial charge in [0.1, 0.15) is 18.0 Å². The van der Waals surface area contributed by atoms with Gasteiger partial charge < -0.3 is 18.9 Å². The summed E-state index contributed by atoms with van der Waals surface area (Å²) in [5.74, 6) is -0.0438. The Morgan fingerprint density at radius 2 is 2.09 bits per heavy atom. The number of carbonyl (C=O) groups excluding carboxylic acids is 1. The highest BCUT2D eigenvalue weighted by molar-refractivity contribution is 5.91. The summed E-state index contributed by atoms with van der Waals surface area (Å²) in [5.41, 5.74) is 1.03. The van der Waals surface area contributed by atoms with E-state index in [0.717, 1.165) is 17.7 Å². The molecule has 1 spiro atoms. The monoisotopic (exact) mass is 302 g/mol. The highest BCUT2D eigenvalue weighted by atomic mass is 16.8. The summed E-state index contributed by atoms with van der Waals surface area (Å²) in [6.45, 7) is 0.607. The van der Waals surface area contributed by atoms with Gasteiger partial charge in [-0.3, -0.25) is 4.79 Å². The zero-order valence-corrected chi connectivity index (χ0v) is 12.4.